The van der Waals surface area contributed by atoms with Crippen LogP contribution in [0.25, 0.3) is 0 Å². The predicted octanol–water partition coefficient (Wildman–Crippen LogP) is 3.04. The lowest BCUT2D eigenvalue weighted by Crippen LogP contribution is -2.28. The van der Waals surface area contributed by atoms with Gasteiger partial charge in [-0.3, -0.25) is 0 Å². The third-order valence-corrected chi connectivity index (χ3v) is 3.38. The van der Waals surface area contributed by atoms with Gasteiger partial charge in [0.15, 0.2) is 0 Å². The Morgan fingerprint density at radius 2 is 2.00 bits per heavy atom. The van der Waals surface area contributed by atoms with Crippen molar-refractivity contribution in [2.45, 2.75) is 24.8 Å². The van der Waals surface area contributed by atoms with Crippen LogP contribution in [0.4, 0.5) is 8.78 Å². The highest BCUT2D eigenvalue weighted by Gasteiger charge is 2.10. The van der Waals surface area contributed by atoms with Gasteiger partial charge in [0.1, 0.15) is 11.6 Å². The van der Waals surface area contributed by atoms with Crippen molar-refractivity contribution < 1.29 is 8.78 Å². The van der Waals surface area contributed by atoms with Crippen LogP contribution in [0.5, 0.6) is 0 Å². The van der Waals surface area contributed by atoms with Crippen molar-refractivity contribution in [1.29, 1.82) is 0 Å². The summed E-state index contributed by atoms with van der Waals surface area (Å²) in [6, 6.07) is 3.62. The standard InChI is InChI=1S/C11H15F2NS/c1-7(2)10(14)6-15-11-4-3-8(12)5-9(11)13/h3-5,7,10H,6,14H2,1-2H3. The average molecular weight is 231 g/mol. The minimum atomic E-state index is -0.551. The molecule has 0 bridgehead atoms. The molecule has 0 aliphatic heterocycles. The summed E-state index contributed by atoms with van der Waals surface area (Å²) in [5.74, 6) is -0.0674. The Labute approximate surface area is 93.1 Å². The second-order valence-corrected chi connectivity index (χ2v) is 4.86. The number of thioether (sulfide) groups is 1. The Morgan fingerprint density at radius 1 is 1.33 bits per heavy atom. The van der Waals surface area contributed by atoms with Gasteiger partial charge in [-0.25, -0.2) is 8.78 Å². The molecule has 0 aliphatic carbocycles. The number of halogens is 2. The molecule has 0 heterocycles. The summed E-state index contributed by atoms with van der Waals surface area (Å²) in [7, 11) is 0. The van der Waals surface area contributed by atoms with Crippen LogP contribution in [-0.4, -0.2) is 11.8 Å². The summed E-state index contributed by atoms with van der Waals surface area (Å²) in [6.45, 7) is 4.04. The fourth-order valence-corrected chi connectivity index (χ4v) is 2.09. The van der Waals surface area contributed by atoms with E-state index < -0.39 is 11.6 Å². The van der Waals surface area contributed by atoms with Crippen molar-refractivity contribution in [2.75, 3.05) is 5.75 Å². The molecule has 0 radical (unpaired) electrons. The zero-order chi connectivity index (χ0) is 11.4. The first kappa shape index (κ1) is 12.5. The van der Waals surface area contributed by atoms with Gasteiger partial charge >= 0.3 is 0 Å². The van der Waals surface area contributed by atoms with Gasteiger partial charge in [-0.1, -0.05) is 13.8 Å². The van der Waals surface area contributed by atoms with Gasteiger partial charge in [0, 0.05) is 22.8 Å². The van der Waals surface area contributed by atoms with E-state index in [-0.39, 0.29) is 6.04 Å². The molecule has 0 aliphatic rings. The monoisotopic (exact) mass is 231 g/mol. The first-order valence-corrected chi connectivity index (χ1v) is 5.82. The van der Waals surface area contributed by atoms with Crippen LogP contribution in [0, 0.1) is 17.6 Å². The number of hydrogen-bond acceptors (Lipinski definition) is 2. The summed E-state index contributed by atoms with van der Waals surface area (Å²) in [4.78, 5) is 0.451. The van der Waals surface area contributed by atoms with Crippen molar-refractivity contribution >= 4 is 11.8 Å². The second-order valence-electron chi connectivity index (χ2n) is 3.79. The SMILES string of the molecule is CC(C)C(N)CSc1ccc(F)cc1F. The normalized spacial score (nSPS) is 13.2. The maximum Gasteiger partial charge on any atom is 0.139 e. The van der Waals surface area contributed by atoms with Crippen molar-refractivity contribution in [1.82, 2.24) is 0 Å². The molecule has 1 rings (SSSR count). The van der Waals surface area contributed by atoms with Crippen molar-refractivity contribution in [3.8, 4) is 0 Å². The number of nitrogens with two attached hydrogens (primary N) is 1. The van der Waals surface area contributed by atoms with Crippen molar-refractivity contribution in [3.63, 3.8) is 0 Å². The van der Waals surface area contributed by atoms with Gasteiger partial charge in [0.05, 0.1) is 0 Å². The molecule has 1 unspecified atom stereocenters. The minimum absolute atomic E-state index is 0.0273. The molecule has 0 amide bonds. The average Bonchev–Trinajstić information content (AvgIpc) is 2.15. The van der Waals surface area contributed by atoms with E-state index in [0.717, 1.165) is 6.07 Å². The van der Waals surface area contributed by atoms with Crippen LogP contribution in [0.15, 0.2) is 23.1 Å². The fraction of sp³-hybridized carbons (Fsp3) is 0.455. The van der Waals surface area contributed by atoms with Crippen LogP contribution in [-0.2, 0) is 0 Å². The molecular weight excluding hydrogens is 216 g/mol. The smallest absolute Gasteiger partial charge is 0.139 e. The summed E-state index contributed by atoms with van der Waals surface area (Å²) in [5, 5.41) is 0. The number of benzene rings is 1. The Kier molecular flexibility index (Phi) is 4.54. The quantitative estimate of drug-likeness (QED) is 0.806. The molecule has 0 saturated heterocycles. The molecular formula is C11H15F2NS. The maximum absolute atomic E-state index is 13.2. The van der Waals surface area contributed by atoms with Crippen LogP contribution in [0.2, 0.25) is 0 Å². The molecule has 0 spiro atoms. The fourth-order valence-electron chi connectivity index (χ4n) is 0.971. The molecule has 0 aromatic heterocycles. The number of rotatable bonds is 4. The molecule has 4 heteroatoms. The summed E-state index contributed by atoms with van der Waals surface area (Å²) in [5.41, 5.74) is 5.83. The van der Waals surface area contributed by atoms with Gasteiger partial charge in [0.25, 0.3) is 0 Å². The molecule has 0 fully saturated rings. The van der Waals surface area contributed by atoms with Crippen molar-refractivity contribution in [2.24, 2.45) is 11.7 Å². The topological polar surface area (TPSA) is 26.0 Å². The predicted molar refractivity (Wildman–Crippen MR) is 59.9 cm³/mol. The molecule has 84 valence electrons. The molecule has 1 atom stereocenters. The molecule has 1 nitrogen and oxygen atoms in total. The Morgan fingerprint density at radius 3 is 2.53 bits per heavy atom. The summed E-state index contributed by atoms with van der Waals surface area (Å²) >= 11 is 1.33. The summed E-state index contributed by atoms with van der Waals surface area (Å²) < 4.78 is 25.8. The molecule has 2 N–H and O–H groups in total. The second kappa shape index (κ2) is 5.47. The lowest BCUT2D eigenvalue weighted by atomic mass is 10.1. The van der Waals surface area contributed by atoms with E-state index in [0.29, 0.717) is 16.6 Å². The van der Waals surface area contributed by atoms with Crippen LogP contribution >= 0.6 is 11.8 Å². The highest BCUT2D eigenvalue weighted by Crippen LogP contribution is 2.23. The van der Waals surface area contributed by atoms with Gasteiger partial charge in [-0.15, -0.1) is 11.8 Å². The maximum atomic E-state index is 13.2. The van der Waals surface area contributed by atoms with Crippen LogP contribution in [0.3, 0.4) is 0 Å². The van der Waals surface area contributed by atoms with E-state index in [1.54, 1.807) is 0 Å². The highest BCUT2D eigenvalue weighted by atomic mass is 32.2. The van der Waals surface area contributed by atoms with E-state index in [2.05, 4.69) is 0 Å². The van der Waals surface area contributed by atoms with Gasteiger partial charge in [-0.2, -0.15) is 0 Å². The lowest BCUT2D eigenvalue weighted by Gasteiger charge is -2.14. The van der Waals surface area contributed by atoms with Gasteiger partial charge in [0.2, 0.25) is 0 Å². The molecule has 1 aromatic rings. The zero-order valence-corrected chi connectivity index (χ0v) is 9.65. The van der Waals surface area contributed by atoms with Crippen LogP contribution in [0.1, 0.15) is 13.8 Å². The highest BCUT2D eigenvalue weighted by molar-refractivity contribution is 7.99. The largest absolute Gasteiger partial charge is 0.327 e. The van der Waals surface area contributed by atoms with E-state index in [1.165, 1.54) is 23.9 Å². The van der Waals surface area contributed by atoms with Crippen LogP contribution < -0.4 is 5.73 Å². The molecule has 0 saturated carbocycles. The minimum Gasteiger partial charge on any atom is -0.327 e. The first-order chi connectivity index (χ1) is 7.00. The van der Waals surface area contributed by atoms with Gasteiger partial charge < -0.3 is 5.73 Å². The summed E-state index contributed by atoms with van der Waals surface area (Å²) in [6.07, 6.45) is 0. The third kappa shape index (κ3) is 3.80. The zero-order valence-electron chi connectivity index (χ0n) is 8.84. The molecule has 1 aromatic carbocycles. The van der Waals surface area contributed by atoms with Gasteiger partial charge in [-0.05, 0) is 18.1 Å². The Bertz CT molecular complexity index is 328. The van der Waals surface area contributed by atoms with E-state index in [4.69, 9.17) is 5.73 Å². The number of hydrogen-bond donors (Lipinski definition) is 1. The first-order valence-electron chi connectivity index (χ1n) is 4.84. The Hall–Kier alpha value is -0.610. The lowest BCUT2D eigenvalue weighted by molar-refractivity contribution is 0.534. The van der Waals surface area contributed by atoms with E-state index in [1.807, 2.05) is 13.8 Å². The third-order valence-electron chi connectivity index (χ3n) is 2.18. The molecule has 15 heavy (non-hydrogen) atoms. The van der Waals surface area contributed by atoms with E-state index >= 15 is 0 Å². The van der Waals surface area contributed by atoms with Crippen molar-refractivity contribution in [3.05, 3.63) is 29.8 Å². The van der Waals surface area contributed by atoms with E-state index in [9.17, 15) is 8.78 Å². The Balaban J connectivity index is 2.58.